The molecule has 0 unspecified atom stereocenters. The number of anilines is 1. The quantitative estimate of drug-likeness (QED) is 0.836. The van der Waals surface area contributed by atoms with Crippen molar-refractivity contribution in [1.82, 2.24) is 14.9 Å². The highest BCUT2D eigenvalue weighted by atomic mass is 79.9. The van der Waals surface area contributed by atoms with Gasteiger partial charge >= 0.3 is 0 Å². The second kappa shape index (κ2) is 6.13. The monoisotopic (exact) mass is 302 g/mol. The molecule has 0 radical (unpaired) electrons. The van der Waals surface area contributed by atoms with E-state index in [1.165, 1.54) is 6.33 Å². The lowest BCUT2D eigenvalue weighted by Crippen LogP contribution is -2.39. The van der Waals surface area contributed by atoms with E-state index in [1.54, 1.807) is 0 Å². The van der Waals surface area contributed by atoms with Crippen molar-refractivity contribution >= 4 is 21.7 Å². The molecular formula is C10H15BrN4O2. The van der Waals surface area contributed by atoms with Gasteiger partial charge in [0.2, 0.25) is 0 Å². The van der Waals surface area contributed by atoms with Gasteiger partial charge in [0.05, 0.1) is 19.5 Å². The highest BCUT2D eigenvalue weighted by Gasteiger charge is 2.10. The van der Waals surface area contributed by atoms with Crippen LogP contribution < -0.4 is 10.9 Å². The van der Waals surface area contributed by atoms with E-state index in [4.69, 9.17) is 4.74 Å². The molecule has 1 aliphatic rings. The molecule has 1 aromatic rings. The Morgan fingerprint density at radius 1 is 1.53 bits per heavy atom. The molecule has 0 bridgehead atoms. The average molecular weight is 303 g/mol. The van der Waals surface area contributed by atoms with Crippen molar-refractivity contribution < 1.29 is 4.74 Å². The van der Waals surface area contributed by atoms with Gasteiger partial charge in [0.1, 0.15) is 10.3 Å². The summed E-state index contributed by atoms with van der Waals surface area (Å²) in [5, 5.41) is 3.14. The van der Waals surface area contributed by atoms with Gasteiger partial charge in [0, 0.05) is 26.2 Å². The first-order chi connectivity index (χ1) is 8.27. The van der Waals surface area contributed by atoms with Crippen LogP contribution in [-0.2, 0) is 4.74 Å². The lowest BCUT2D eigenvalue weighted by atomic mass is 10.4. The molecule has 1 fully saturated rings. The zero-order chi connectivity index (χ0) is 12.1. The van der Waals surface area contributed by atoms with Crippen molar-refractivity contribution in [2.24, 2.45) is 0 Å². The zero-order valence-electron chi connectivity index (χ0n) is 9.41. The molecule has 1 aliphatic heterocycles. The molecule has 7 heteroatoms. The third-order valence-corrected chi connectivity index (χ3v) is 3.36. The van der Waals surface area contributed by atoms with Gasteiger partial charge in [-0.1, -0.05) is 0 Å². The van der Waals surface area contributed by atoms with Crippen LogP contribution in [0.3, 0.4) is 0 Å². The Kier molecular flexibility index (Phi) is 4.52. The van der Waals surface area contributed by atoms with Gasteiger partial charge in [-0.2, -0.15) is 0 Å². The molecule has 0 aromatic carbocycles. The number of halogens is 1. The van der Waals surface area contributed by atoms with Crippen molar-refractivity contribution in [2.75, 3.05) is 44.7 Å². The maximum atomic E-state index is 11.3. The van der Waals surface area contributed by atoms with E-state index in [2.05, 4.69) is 36.1 Å². The maximum Gasteiger partial charge on any atom is 0.267 e. The van der Waals surface area contributed by atoms with Gasteiger partial charge in [-0.05, 0) is 15.9 Å². The number of H-pyrrole nitrogens is 1. The number of hydrogen-bond donors (Lipinski definition) is 2. The molecule has 17 heavy (non-hydrogen) atoms. The minimum Gasteiger partial charge on any atom is -0.379 e. The summed E-state index contributed by atoms with van der Waals surface area (Å²) in [6, 6.07) is 0. The summed E-state index contributed by atoms with van der Waals surface area (Å²) in [6.07, 6.45) is 1.39. The number of aromatic nitrogens is 2. The highest BCUT2D eigenvalue weighted by Crippen LogP contribution is 2.12. The SMILES string of the molecule is O=c1[nH]cnc(NCCN2CCOCC2)c1Br. The van der Waals surface area contributed by atoms with Gasteiger partial charge in [0.15, 0.2) is 0 Å². The Labute approximate surface area is 108 Å². The Morgan fingerprint density at radius 2 is 2.29 bits per heavy atom. The Balaban J connectivity index is 1.81. The molecular weight excluding hydrogens is 288 g/mol. The third kappa shape index (κ3) is 3.52. The van der Waals surface area contributed by atoms with Gasteiger partial charge in [-0.3, -0.25) is 9.69 Å². The smallest absolute Gasteiger partial charge is 0.267 e. The van der Waals surface area contributed by atoms with Crippen molar-refractivity contribution in [3.63, 3.8) is 0 Å². The van der Waals surface area contributed by atoms with Crippen LogP contribution in [0.5, 0.6) is 0 Å². The summed E-state index contributed by atoms with van der Waals surface area (Å²) >= 11 is 3.20. The van der Waals surface area contributed by atoms with E-state index in [9.17, 15) is 4.79 Å². The van der Waals surface area contributed by atoms with Crippen LogP contribution in [-0.4, -0.2) is 54.3 Å². The van der Waals surface area contributed by atoms with E-state index in [0.29, 0.717) is 10.3 Å². The van der Waals surface area contributed by atoms with Gasteiger partial charge in [-0.25, -0.2) is 4.98 Å². The number of nitrogens with one attached hydrogen (secondary N) is 2. The fourth-order valence-electron chi connectivity index (χ4n) is 1.66. The lowest BCUT2D eigenvalue weighted by molar-refractivity contribution is 0.0398. The molecule has 2 rings (SSSR count). The Bertz CT molecular complexity index is 417. The number of nitrogens with zero attached hydrogens (tertiary/aromatic N) is 2. The highest BCUT2D eigenvalue weighted by molar-refractivity contribution is 9.10. The van der Waals surface area contributed by atoms with Gasteiger partial charge in [0.25, 0.3) is 5.56 Å². The van der Waals surface area contributed by atoms with Crippen LogP contribution in [0.2, 0.25) is 0 Å². The van der Waals surface area contributed by atoms with E-state index in [-0.39, 0.29) is 5.56 Å². The predicted molar refractivity (Wildman–Crippen MR) is 68.3 cm³/mol. The second-order valence-corrected chi connectivity index (χ2v) is 4.57. The van der Waals surface area contributed by atoms with Crippen molar-refractivity contribution in [2.45, 2.75) is 0 Å². The molecule has 0 aliphatic carbocycles. The topological polar surface area (TPSA) is 70.2 Å². The first kappa shape index (κ1) is 12.5. The van der Waals surface area contributed by atoms with E-state index >= 15 is 0 Å². The molecule has 0 atom stereocenters. The molecule has 2 heterocycles. The van der Waals surface area contributed by atoms with Gasteiger partial charge < -0.3 is 15.0 Å². The van der Waals surface area contributed by atoms with Crippen LogP contribution in [0, 0.1) is 0 Å². The minimum atomic E-state index is -0.172. The summed E-state index contributed by atoms with van der Waals surface area (Å²) in [5.74, 6) is 0.585. The summed E-state index contributed by atoms with van der Waals surface area (Å²) in [6.45, 7) is 5.20. The molecule has 1 aromatic heterocycles. The van der Waals surface area contributed by atoms with Crippen LogP contribution >= 0.6 is 15.9 Å². The second-order valence-electron chi connectivity index (χ2n) is 3.78. The van der Waals surface area contributed by atoms with Crippen LogP contribution in [0.15, 0.2) is 15.6 Å². The molecule has 6 nitrogen and oxygen atoms in total. The molecule has 0 saturated carbocycles. The maximum absolute atomic E-state index is 11.3. The van der Waals surface area contributed by atoms with Crippen molar-refractivity contribution in [1.29, 1.82) is 0 Å². The predicted octanol–water partition coefficient (Wildman–Crippen LogP) is 0.277. The number of ether oxygens (including phenoxy) is 1. The summed E-state index contributed by atoms with van der Waals surface area (Å²) in [4.78, 5) is 20.2. The zero-order valence-corrected chi connectivity index (χ0v) is 11.0. The summed E-state index contributed by atoms with van der Waals surface area (Å²) < 4.78 is 5.72. The molecule has 1 saturated heterocycles. The van der Waals surface area contributed by atoms with Crippen LogP contribution in [0.1, 0.15) is 0 Å². The molecule has 0 spiro atoms. The third-order valence-electron chi connectivity index (χ3n) is 2.62. The normalized spacial score (nSPS) is 17.0. The largest absolute Gasteiger partial charge is 0.379 e. The summed E-state index contributed by atoms with van der Waals surface area (Å²) in [5.41, 5.74) is -0.172. The molecule has 94 valence electrons. The van der Waals surface area contributed by atoms with Gasteiger partial charge in [-0.15, -0.1) is 0 Å². The average Bonchev–Trinajstić information content (AvgIpc) is 2.36. The summed E-state index contributed by atoms with van der Waals surface area (Å²) in [7, 11) is 0. The molecule has 2 N–H and O–H groups in total. The van der Waals surface area contributed by atoms with Crippen molar-refractivity contribution in [3.8, 4) is 0 Å². The Hall–Kier alpha value is -0.920. The number of morpholine rings is 1. The number of rotatable bonds is 4. The van der Waals surface area contributed by atoms with E-state index in [0.717, 1.165) is 39.4 Å². The number of hydrogen-bond acceptors (Lipinski definition) is 5. The standard InChI is InChI=1S/C10H15BrN4O2/c11-8-9(13-7-14-10(8)16)12-1-2-15-3-5-17-6-4-15/h7H,1-6H2,(H2,12,13,14,16). The number of aromatic amines is 1. The Morgan fingerprint density at radius 3 is 3.06 bits per heavy atom. The fraction of sp³-hybridized carbons (Fsp3) is 0.600. The lowest BCUT2D eigenvalue weighted by Gasteiger charge is -2.26. The fourth-order valence-corrected chi connectivity index (χ4v) is 2.02. The first-order valence-electron chi connectivity index (χ1n) is 5.54. The minimum absolute atomic E-state index is 0.172. The van der Waals surface area contributed by atoms with Crippen LogP contribution in [0.4, 0.5) is 5.82 Å². The van der Waals surface area contributed by atoms with Crippen molar-refractivity contribution in [3.05, 3.63) is 21.2 Å². The molecule has 0 amide bonds. The van der Waals surface area contributed by atoms with E-state index < -0.39 is 0 Å². The van der Waals surface area contributed by atoms with Crippen LogP contribution in [0.25, 0.3) is 0 Å². The first-order valence-corrected chi connectivity index (χ1v) is 6.34. The van der Waals surface area contributed by atoms with E-state index in [1.807, 2.05) is 0 Å².